The van der Waals surface area contributed by atoms with Crippen LogP contribution < -0.4 is 10.2 Å². The summed E-state index contributed by atoms with van der Waals surface area (Å²) in [6.07, 6.45) is 0.679. The van der Waals surface area contributed by atoms with Gasteiger partial charge in [-0.15, -0.1) is 0 Å². The van der Waals surface area contributed by atoms with E-state index in [1.807, 2.05) is 11.0 Å². The van der Waals surface area contributed by atoms with E-state index in [1.165, 1.54) is 12.1 Å². The van der Waals surface area contributed by atoms with E-state index < -0.39 is 37.8 Å². The van der Waals surface area contributed by atoms with E-state index in [0.717, 1.165) is 12.1 Å². The van der Waals surface area contributed by atoms with E-state index in [2.05, 4.69) is 5.32 Å². The second-order valence-electron chi connectivity index (χ2n) is 6.78. The zero-order valence-corrected chi connectivity index (χ0v) is 16.3. The van der Waals surface area contributed by atoms with Crippen LogP contribution in [0.25, 0.3) is 0 Å². The lowest BCUT2D eigenvalue weighted by Crippen LogP contribution is -2.36. The SMILES string of the molecule is N#Cc1cc(Nc2ccc(F)cc2S(=O)(=O)C(F)(F)F)ccc1N1CCC(O)CC1. The maximum Gasteiger partial charge on any atom is 0.501 e. The quantitative estimate of drug-likeness (QED) is 0.700. The number of nitrogens with zero attached hydrogens (tertiary/aromatic N) is 2. The summed E-state index contributed by atoms with van der Waals surface area (Å²) in [7, 11) is -5.80. The molecule has 3 rings (SSSR count). The van der Waals surface area contributed by atoms with Crippen LogP contribution in [0.3, 0.4) is 0 Å². The van der Waals surface area contributed by atoms with Crippen LogP contribution in [0.5, 0.6) is 0 Å². The Hall–Kier alpha value is -2.84. The van der Waals surface area contributed by atoms with Crippen molar-refractivity contribution in [1.29, 1.82) is 5.26 Å². The molecular weight excluding hydrogens is 426 g/mol. The summed E-state index contributed by atoms with van der Waals surface area (Å²) in [5, 5.41) is 21.6. The molecule has 1 aliphatic rings. The number of nitrogens with one attached hydrogen (secondary N) is 1. The largest absolute Gasteiger partial charge is 0.501 e. The van der Waals surface area contributed by atoms with Gasteiger partial charge in [0.15, 0.2) is 0 Å². The van der Waals surface area contributed by atoms with Crippen LogP contribution >= 0.6 is 0 Å². The number of anilines is 3. The monoisotopic (exact) mass is 443 g/mol. The van der Waals surface area contributed by atoms with Crippen molar-refractivity contribution in [2.45, 2.75) is 29.3 Å². The van der Waals surface area contributed by atoms with Gasteiger partial charge in [0, 0.05) is 18.8 Å². The van der Waals surface area contributed by atoms with Crippen LogP contribution in [-0.4, -0.2) is 38.2 Å². The highest BCUT2D eigenvalue weighted by atomic mass is 32.2. The molecule has 0 bridgehead atoms. The lowest BCUT2D eigenvalue weighted by molar-refractivity contribution is -0.0435. The van der Waals surface area contributed by atoms with E-state index in [0.29, 0.717) is 37.7 Å². The number of nitriles is 1. The molecule has 0 unspecified atom stereocenters. The molecule has 1 aliphatic heterocycles. The van der Waals surface area contributed by atoms with Gasteiger partial charge in [0.25, 0.3) is 9.84 Å². The van der Waals surface area contributed by atoms with Crippen LogP contribution in [-0.2, 0) is 9.84 Å². The Bertz CT molecular complexity index is 1090. The number of aliphatic hydroxyl groups excluding tert-OH is 1. The fraction of sp³-hybridized carbons (Fsp3) is 0.316. The molecule has 0 aliphatic carbocycles. The Balaban J connectivity index is 1.95. The predicted molar refractivity (Wildman–Crippen MR) is 102 cm³/mol. The summed E-state index contributed by atoms with van der Waals surface area (Å²) >= 11 is 0. The first-order chi connectivity index (χ1) is 14.0. The maximum absolute atomic E-state index is 13.5. The van der Waals surface area contributed by atoms with Gasteiger partial charge < -0.3 is 15.3 Å². The minimum Gasteiger partial charge on any atom is -0.393 e. The number of sulfone groups is 1. The molecule has 2 aromatic carbocycles. The first kappa shape index (κ1) is 21.9. The van der Waals surface area contributed by atoms with Crippen molar-refractivity contribution >= 4 is 26.9 Å². The molecule has 0 spiro atoms. The predicted octanol–water partition coefficient (Wildman–Crippen LogP) is 3.70. The van der Waals surface area contributed by atoms with Gasteiger partial charge in [0.1, 0.15) is 16.8 Å². The number of halogens is 4. The van der Waals surface area contributed by atoms with E-state index in [-0.39, 0.29) is 11.3 Å². The van der Waals surface area contributed by atoms with Crippen LogP contribution in [0, 0.1) is 17.1 Å². The minimum atomic E-state index is -5.80. The van der Waals surface area contributed by atoms with Crippen molar-refractivity contribution in [3.63, 3.8) is 0 Å². The molecule has 30 heavy (non-hydrogen) atoms. The third kappa shape index (κ3) is 4.34. The zero-order chi connectivity index (χ0) is 22.1. The lowest BCUT2D eigenvalue weighted by atomic mass is 10.0. The van der Waals surface area contributed by atoms with Crippen LogP contribution in [0.15, 0.2) is 41.3 Å². The number of alkyl halides is 3. The highest BCUT2D eigenvalue weighted by Crippen LogP contribution is 2.36. The fourth-order valence-electron chi connectivity index (χ4n) is 3.19. The van der Waals surface area contributed by atoms with E-state index in [1.54, 1.807) is 6.07 Å². The average Bonchev–Trinajstić information content (AvgIpc) is 2.69. The van der Waals surface area contributed by atoms with Crippen LogP contribution in [0.4, 0.5) is 34.6 Å². The van der Waals surface area contributed by atoms with Crippen molar-refractivity contribution in [3.05, 3.63) is 47.8 Å². The number of aliphatic hydroxyl groups is 1. The molecule has 0 atom stereocenters. The molecular formula is C19H17F4N3O3S. The van der Waals surface area contributed by atoms with Crippen molar-refractivity contribution in [2.24, 2.45) is 0 Å². The summed E-state index contributed by atoms with van der Waals surface area (Å²) in [4.78, 5) is 0.662. The Kier molecular flexibility index (Phi) is 5.92. The van der Waals surface area contributed by atoms with Crippen molar-refractivity contribution in [1.82, 2.24) is 0 Å². The summed E-state index contributed by atoms with van der Waals surface area (Å²) in [6, 6.07) is 8.45. The van der Waals surface area contributed by atoms with Gasteiger partial charge in [0.05, 0.1) is 23.0 Å². The van der Waals surface area contributed by atoms with Gasteiger partial charge in [-0.25, -0.2) is 12.8 Å². The zero-order valence-electron chi connectivity index (χ0n) is 15.4. The topological polar surface area (TPSA) is 93.4 Å². The number of rotatable bonds is 4. The Morgan fingerprint density at radius 3 is 2.40 bits per heavy atom. The first-order valence-electron chi connectivity index (χ1n) is 8.88. The standard InChI is InChI=1S/C19H17F4N3O3S/c20-13-1-3-16(18(10-13)30(28,29)19(21,22)23)25-14-2-4-17(12(9-14)11-24)26-7-5-15(27)6-8-26/h1-4,9-10,15,25,27H,5-8H2. The summed E-state index contributed by atoms with van der Waals surface area (Å²) < 4.78 is 76.0. The highest BCUT2D eigenvalue weighted by molar-refractivity contribution is 7.92. The second kappa shape index (κ2) is 8.12. The van der Waals surface area contributed by atoms with Crippen LogP contribution in [0.2, 0.25) is 0 Å². The molecule has 2 aromatic rings. The van der Waals surface area contributed by atoms with E-state index >= 15 is 0 Å². The molecule has 1 fully saturated rings. The summed E-state index contributed by atoms with van der Waals surface area (Å²) in [5.74, 6) is -1.14. The van der Waals surface area contributed by atoms with Gasteiger partial charge in [-0.1, -0.05) is 0 Å². The molecule has 0 aromatic heterocycles. The van der Waals surface area contributed by atoms with Crippen molar-refractivity contribution in [2.75, 3.05) is 23.3 Å². The lowest BCUT2D eigenvalue weighted by Gasteiger charge is -2.32. The molecule has 160 valence electrons. The third-order valence-corrected chi connectivity index (χ3v) is 6.27. The third-order valence-electron chi connectivity index (χ3n) is 4.74. The molecule has 11 heteroatoms. The highest BCUT2D eigenvalue weighted by Gasteiger charge is 2.48. The van der Waals surface area contributed by atoms with Crippen molar-refractivity contribution < 1.29 is 31.1 Å². The van der Waals surface area contributed by atoms with Gasteiger partial charge >= 0.3 is 5.51 Å². The molecule has 1 heterocycles. The molecule has 0 saturated carbocycles. The Morgan fingerprint density at radius 1 is 1.13 bits per heavy atom. The van der Waals surface area contributed by atoms with Gasteiger partial charge in [-0.2, -0.15) is 18.4 Å². The normalized spacial score (nSPS) is 15.7. The van der Waals surface area contributed by atoms with Gasteiger partial charge in [-0.05, 0) is 49.2 Å². The minimum absolute atomic E-state index is 0.164. The number of hydrogen-bond donors (Lipinski definition) is 2. The smallest absolute Gasteiger partial charge is 0.393 e. The van der Waals surface area contributed by atoms with E-state index in [4.69, 9.17) is 0 Å². The number of piperidine rings is 1. The molecule has 0 amide bonds. The second-order valence-corrected chi connectivity index (χ2v) is 8.69. The Labute approximate surface area is 170 Å². The number of benzene rings is 2. The summed E-state index contributed by atoms with van der Waals surface area (Å²) in [5.41, 5.74) is -5.09. The molecule has 1 saturated heterocycles. The fourth-order valence-corrected chi connectivity index (χ4v) is 4.11. The van der Waals surface area contributed by atoms with Crippen LogP contribution in [0.1, 0.15) is 18.4 Å². The molecule has 0 radical (unpaired) electrons. The van der Waals surface area contributed by atoms with Gasteiger partial charge in [-0.3, -0.25) is 0 Å². The maximum atomic E-state index is 13.5. The number of hydrogen-bond acceptors (Lipinski definition) is 6. The summed E-state index contributed by atoms with van der Waals surface area (Å²) in [6.45, 7) is 1.07. The van der Waals surface area contributed by atoms with Gasteiger partial charge in [0.2, 0.25) is 0 Å². The first-order valence-corrected chi connectivity index (χ1v) is 10.4. The van der Waals surface area contributed by atoms with E-state index in [9.17, 15) is 36.3 Å². The van der Waals surface area contributed by atoms with Crippen molar-refractivity contribution in [3.8, 4) is 6.07 Å². The molecule has 6 nitrogen and oxygen atoms in total. The Morgan fingerprint density at radius 2 is 1.80 bits per heavy atom. The average molecular weight is 443 g/mol. The molecule has 2 N–H and O–H groups in total.